The molecule has 0 aromatic carbocycles. The minimum absolute atomic E-state index is 0.0230. The second-order valence-electron chi connectivity index (χ2n) is 19.9. The number of likely N-dealkylation sites (N-methyl/N-ethyl adjacent to an activating group) is 1. The van der Waals surface area contributed by atoms with Crippen molar-refractivity contribution in [3.63, 3.8) is 0 Å². The molecule has 3 unspecified atom stereocenters. The molecular formula is C61H106N2O7P+. The Balaban J connectivity index is 5.52. The summed E-state index contributed by atoms with van der Waals surface area (Å²) in [5.74, 6) is -0.578. The van der Waals surface area contributed by atoms with Gasteiger partial charge in [0.2, 0.25) is 5.91 Å². The van der Waals surface area contributed by atoms with E-state index in [9.17, 15) is 19.0 Å². The Morgan fingerprint density at radius 2 is 0.901 bits per heavy atom. The molecule has 3 atom stereocenters. The number of quaternary nitrogens is 1. The molecule has 0 bridgehead atoms. The van der Waals surface area contributed by atoms with Crippen LogP contribution in [0.25, 0.3) is 0 Å². The zero-order chi connectivity index (χ0) is 52.2. The fourth-order valence-electron chi connectivity index (χ4n) is 7.49. The van der Waals surface area contributed by atoms with Crippen LogP contribution in [0.4, 0.5) is 0 Å². The second-order valence-corrected chi connectivity index (χ2v) is 21.4. The van der Waals surface area contributed by atoms with Gasteiger partial charge in [0.1, 0.15) is 19.3 Å². The molecular weight excluding hydrogens is 904 g/mol. The number of ether oxygens (including phenoxy) is 1. The number of amides is 1. The predicted molar refractivity (Wildman–Crippen MR) is 304 cm³/mol. The van der Waals surface area contributed by atoms with E-state index in [1.54, 1.807) is 0 Å². The van der Waals surface area contributed by atoms with Gasteiger partial charge in [-0.15, -0.1) is 0 Å². The van der Waals surface area contributed by atoms with Crippen molar-refractivity contribution >= 4 is 19.7 Å². The number of nitrogens with zero attached hydrogens (tertiary/aromatic N) is 1. The summed E-state index contributed by atoms with van der Waals surface area (Å²) < 4.78 is 30.6. The molecule has 10 heteroatoms. The van der Waals surface area contributed by atoms with Crippen LogP contribution in [0.1, 0.15) is 213 Å². The normalized spacial score (nSPS) is 14.6. The number of nitrogens with one attached hydrogen (secondary N) is 1. The maximum atomic E-state index is 13.5. The van der Waals surface area contributed by atoms with Gasteiger partial charge in [-0.3, -0.25) is 18.6 Å². The number of allylic oxidation sites excluding steroid dienone is 17. The van der Waals surface area contributed by atoms with E-state index < -0.39 is 20.0 Å². The lowest BCUT2D eigenvalue weighted by atomic mass is 10.0. The third-order valence-corrected chi connectivity index (χ3v) is 12.9. The number of carbonyl (C=O) groups excluding carboxylic acids is 2. The van der Waals surface area contributed by atoms with Gasteiger partial charge in [0.15, 0.2) is 0 Å². The van der Waals surface area contributed by atoms with E-state index >= 15 is 0 Å². The molecule has 0 aliphatic rings. The third kappa shape index (κ3) is 51.4. The Morgan fingerprint density at radius 3 is 1.41 bits per heavy atom. The molecule has 0 aliphatic heterocycles. The predicted octanol–water partition coefficient (Wildman–Crippen LogP) is 17.0. The summed E-state index contributed by atoms with van der Waals surface area (Å²) in [6.07, 6.45) is 67.9. The highest BCUT2D eigenvalue weighted by Crippen LogP contribution is 2.43. The number of carbonyl (C=O) groups is 2. The third-order valence-electron chi connectivity index (χ3n) is 11.9. The van der Waals surface area contributed by atoms with Gasteiger partial charge in [-0.2, -0.15) is 0 Å². The SMILES string of the molecule is CC\C=C/C=C/C=C/C=C\C=C\C=C\CCCCCC(=O)NC(COP(=O)(O)OCC[N+](C)(C)C)C(/C=C/CCCCCCCCCCCCC)OC(=O)CCCCCCCC/C=C/C=C/CCCCC. The van der Waals surface area contributed by atoms with Gasteiger partial charge in [-0.25, -0.2) is 4.57 Å². The van der Waals surface area contributed by atoms with Crippen LogP contribution in [-0.2, 0) is 27.9 Å². The number of phosphoric acid groups is 1. The summed E-state index contributed by atoms with van der Waals surface area (Å²) in [4.78, 5) is 37.6. The average molecular weight is 1010 g/mol. The van der Waals surface area contributed by atoms with Gasteiger partial charge in [-0.1, -0.05) is 233 Å². The first-order valence-corrected chi connectivity index (χ1v) is 29.8. The van der Waals surface area contributed by atoms with Crippen LogP contribution in [0.15, 0.2) is 109 Å². The Morgan fingerprint density at radius 1 is 0.507 bits per heavy atom. The summed E-state index contributed by atoms with van der Waals surface area (Å²) >= 11 is 0. The van der Waals surface area contributed by atoms with Crippen LogP contribution in [0.5, 0.6) is 0 Å². The highest BCUT2D eigenvalue weighted by molar-refractivity contribution is 7.47. The molecule has 0 aliphatic carbocycles. The molecule has 0 aromatic heterocycles. The van der Waals surface area contributed by atoms with Crippen LogP contribution in [0.3, 0.4) is 0 Å². The molecule has 9 nitrogen and oxygen atoms in total. The molecule has 71 heavy (non-hydrogen) atoms. The van der Waals surface area contributed by atoms with Crippen molar-refractivity contribution in [2.45, 2.75) is 226 Å². The van der Waals surface area contributed by atoms with E-state index in [0.29, 0.717) is 23.9 Å². The van der Waals surface area contributed by atoms with Crippen molar-refractivity contribution in [1.29, 1.82) is 0 Å². The highest BCUT2D eigenvalue weighted by atomic mass is 31.2. The van der Waals surface area contributed by atoms with Gasteiger partial charge in [0, 0.05) is 12.8 Å². The molecule has 0 heterocycles. The first-order chi connectivity index (χ1) is 34.4. The zero-order valence-corrected chi connectivity index (χ0v) is 47.1. The standard InChI is InChI=1S/C61H105N2O7P/c1-7-10-13-16-19-22-25-28-30-31-33-35-38-41-44-47-50-53-60(64)62-58(57-69-71(66,67)68-56-55-63(4,5)6)59(52-49-46-43-40-37-34-27-24-21-18-15-12-9-3)70-61(65)54-51-48-45-42-39-36-32-29-26-23-20-17-14-11-8-2/h10,13,16,19-20,22-23,25-26,28-31,33,35,38,49,52,58-59H,7-9,11-12,14-15,17-18,21,24,27,32,34,36-37,39-48,50-51,53-57H2,1-6H3,(H-,62,64,66,67)/p+1/b13-10-,19-16+,23-20+,25-22+,29-26+,30-28-,33-31+,38-35+,52-49+. The molecule has 0 fully saturated rings. The fourth-order valence-corrected chi connectivity index (χ4v) is 8.23. The van der Waals surface area contributed by atoms with E-state index in [0.717, 1.165) is 89.9 Å². The Labute approximate surface area is 436 Å². The molecule has 0 saturated heterocycles. The average Bonchev–Trinajstić information content (AvgIpc) is 3.33. The van der Waals surface area contributed by atoms with Gasteiger partial charge in [0.25, 0.3) is 0 Å². The number of rotatable bonds is 49. The topological polar surface area (TPSA) is 111 Å². The lowest BCUT2D eigenvalue weighted by Gasteiger charge is -2.27. The van der Waals surface area contributed by atoms with Crippen LogP contribution < -0.4 is 5.32 Å². The largest absolute Gasteiger partial charge is 0.472 e. The molecule has 2 N–H and O–H groups in total. The Hall–Kier alpha value is -3.33. The Bertz CT molecular complexity index is 1580. The lowest BCUT2D eigenvalue weighted by molar-refractivity contribution is -0.870. The number of unbranched alkanes of at least 4 members (excludes halogenated alkanes) is 23. The van der Waals surface area contributed by atoms with E-state index in [-0.39, 0.29) is 37.9 Å². The molecule has 0 saturated carbocycles. The first-order valence-electron chi connectivity index (χ1n) is 28.3. The molecule has 0 spiro atoms. The van der Waals surface area contributed by atoms with E-state index in [2.05, 4.69) is 62.5 Å². The number of esters is 1. The second kappa shape index (κ2) is 50.2. The minimum Gasteiger partial charge on any atom is -0.456 e. The minimum atomic E-state index is -4.47. The van der Waals surface area contributed by atoms with Crippen molar-refractivity contribution in [2.24, 2.45) is 0 Å². The summed E-state index contributed by atoms with van der Waals surface area (Å²) in [5.41, 5.74) is 0. The van der Waals surface area contributed by atoms with E-state index in [1.807, 2.05) is 94.1 Å². The van der Waals surface area contributed by atoms with Crippen molar-refractivity contribution in [3.8, 4) is 0 Å². The van der Waals surface area contributed by atoms with Crippen LogP contribution in [0.2, 0.25) is 0 Å². The monoisotopic (exact) mass is 1010 g/mol. The van der Waals surface area contributed by atoms with Crippen LogP contribution >= 0.6 is 7.82 Å². The Kier molecular flexibility index (Phi) is 47.9. The quantitative estimate of drug-likeness (QED) is 0.0156. The van der Waals surface area contributed by atoms with E-state index in [1.165, 1.54) is 77.0 Å². The van der Waals surface area contributed by atoms with Gasteiger partial charge >= 0.3 is 13.8 Å². The van der Waals surface area contributed by atoms with Crippen molar-refractivity contribution in [1.82, 2.24) is 5.32 Å². The van der Waals surface area contributed by atoms with Crippen molar-refractivity contribution in [2.75, 3.05) is 40.9 Å². The zero-order valence-electron chi connectivity index (χ0n) is 46.2. The van der Waals surface area contributed by atoms with Crippen molar-refractivity contribution in [3.05, 3.63) is 109 Å². The number of phosphoric ester groups is 1. The summed E-state index contributed by atoms with van der Waals surface area (Å²) in [6.45, 7) is 6.77. The number of hydrogen-bond donors (Lipinski definition) is 2. The van der Waals surface area contributed by atoms with Crippen LogP contribution in [0, 0.1) is 0 Å². The molecule has 1 amide bonds. The maximum Gasteiger partial charge on any atom is 0.472 e. The van der Waals surface area contributed by atoms with E-state index in [4.69, 9.17) is 13.8 Å². The van der Waals surface area contributed by atoms with Crippen molar-refractivity contribution < 1.29 is 37.3 Å². The van der Waals surface area contributed by atoms with Gasteiger partial charge in [0.05, 0.1) is 33.8 Å². The smallest absolute Gasteiger partial charge is 0.456 e. The highest BCUT2D eigenvalue weighted by Gasteiger charge is 2.30. The summed E-state index contributed by atoms with van der Waals surface area (Å²) in [5, 5.41) is 3.02. The van der Waals surface area contributed by atoms with Gasteiger partial charge < -0.3 is 19.4 Å². The maximum absolute atomic E-state index is 13.5. The molecule has 406 valence electrons. The molecule has 0 rings (SSSR count). The fraction of sp³-hybridized carbons (Fsp3) is 0.672. The number of hydrogen-bond acceptors (Lipinski definition) is 6. The summed E-state index contributed by atoms with van der Waals surface area (Å²) in [6, 6.07) is -0.883. The van der Waals surface area contributed by atoms with Crippen LogP contribution in [-0.4, -0.2) is 74.3 Å². The molecule has 0 radical (unpaired) electrons. The summed E-state index contributed by atoms with van der Waals surface area (Å²) in [7, 11) is 1.44. The lowest BCUT2D eigenvalue weighted by Crippen LogP contribution is -2.47. The molecule has 0 aromatic rings. The first kappa shape index (κ1) is 67.7. The van der Waals surface area contributed by atoms with Gasteiger partial charge in [-0.05, 0) is 76.7 Å².